The summed E-state index contributed by atoms with van der Waals surface area (Å²) in [6.45, 7) is 2.15. The predicted molar refractivity (Wildman–Crippen MR) is 128 cm³/mol. The molecule has 7 nitrogen and oxygen atoms in total. The van der Waals surface area contributed by atoms with Crippen molar-refractivity contribution in [3.8, 4) is 5.75 Å². The van der Waals surface area contributed by atoms with E-state index in [1.54, 1.807) is 13.0 Å². The predicted octanol–water partition coefficient (Wildman–Crippen LogP) is 5.01. The van der Waals surface area contributed by atoms with Crippen molar-refractivity contribution < 1.29 is 28.0 Å². The smallest absolute Gasteiger partial charge is 0.295 e. The summed E-state index contributed by atoms with van der Waals surface area (Å²) >= 11 is 0. The highest BCUT2D eigenvalue weighted by Gasteiger charge is 2.54. The van der Waals surface area contributed by atoms with Crippen molar-refractivity contribution in [3.05, 3.63) is 88.9 Å². The second-order valence-electron chi connectivity index (χ2n) is 9.50. The first kappa shape index (κ1) is 22.5. The van der Waals surface area contributed by atoms with Gasteiger partial charge in [0.2, 0.25) is 0 Å². The summed E-state index contributed by atoms with van der Waals surface area (Å²) in [5.74, 6) is 0.250. The van der Waals surface area contributed by atoms with E-state index in [-0.39, 0.29) is 23.5 Å². The Hall–Kier alpha value is -3.94. The highest BCUT2D eigenvalue weighted by atomic mass is 19.1. The van der Waals surface area contributed by atoms with Crippen LogP contribution in [0.3, 0.4) is 0 Å². The molecular weight excluding hydrogens is 463 g/mol. The van der Waals surface area contributed by atoms with Crippen molar-refractivity contribution in [1.82, 2.24) is 5.16 Å². The normalized spacial score (nSPS) is 25.4. The number of anilines is 1. The number of alkyl halides is 1. The van der Waals surface area contributed by atoms with Crippen molar-refractivity contribution in [3.63, 3.8) is 0 Å². The maximum absolute atomic E-state index is 14.2. The number of ether oxygens (including phenoxy) is 2. The Morgan fingerprint density at radius 2 is 1.86 bits per heavy atom. The van der Waals surface area contributed by atoms with Gasteiger partial charge in [-0.15, -0.1) is 0 Å². The maximum atomic E-state index is 14.2. The fourth-order valence-corrected chi connectivity index (χ4v) is 5.32. The molecule has 6 rings (SSSR count). The van der Waals surface area contributed by atoms with Gasteiger partial charge in [-0.1, -0.05) is 47.6 Å². The molecule has 184 valence electrons. The number of hydrogen-bond acceptors (Lipinski definition) is 6. The molecule has 0 N–H and O–H groups in total. The van der Waals surface area contributed by atoms with Crippen LogP contribution in [0, 0.1) is 12.8 Å². The summed E-state index contributed by atoms with van der Waals surface area (Å²) in [4.78, 5) is 28.7. The van der Waals surface area contributed by atoms with Gasteiger partial charge in [-0.3, -0.25) is 14.5 Å². The summed E-state index contributed by atoms with van der Waals surface area (Å²) in [7, 11) is 0. The molecule has 8 heteroatoms. The van der Waals surface area contributed by atoms with Gasteiger partial charge in [0.25, 0.3) is 5.91 Å². The van der Waals surface area contributed by atoms with Gasteiger partial charge >= 0.3 is 0 Å². The van der Waals surface area contributed by atoms with E-state index in [0.29, 0.717) is 42.3 Å². The highest BCUT2D eigenvalue weighted by Crippen LogP contribution is 2.48. The molecule has 0 saturated heterocycles. The Labute approximate surface area is 207 Å². The van der Waals surface area contributed by atoms with Gasteiger partial charge in [0.15, 0.2) is 17.4 Å². The third kappa shape index (κ3) is 3.86. The topological polar surface area (TPSA) is 81.9 Å². The van der Waals surface area contributed by atoms with Crippen molar-refractivity contribution in [2.24, 2.45) is 5.92 Å². The van der Waals surface area contributed by atoms with Gasteiger partial charge in [0.05, 0.1) is 17.5 Å². The lowest BCUT2D eigenvalue weighted by molar-refractivity contribution is -0.133. The molecule has 0 radical (unpaired) electrons. The summed E-state index contributed by atoms with van der Waals surface area (Å²) in [5, 5.41) is 4.04. The van der Waals surface area contributed by atoms with E-state index in [1.807, 2.05) is 54.6 Å². The minimum absolute atomic E-state index is 0.0358. The number of fused-ring (bicyclic) bond motifs is 1. The molecule has 1 saturated carbocycles. The van der Waals surface area contributed by atoms with Crippen LogP contribution in [-0.4, -0.2) is 29.1 Å². The van der Waals surface area contributed by atoms with Crippen LogP contribution in [0.4, 0.5) is 10.2 Å². The van der Waals surface area contributed by atoms with Crippen molar-refractivity contribution in [2.75, 3.05) is 4.90 Å². The van der Waals surface area contributed by atoms with E-state index in [1.165, 1.54) is 4.90 Å². The number of ketones is 1. The van der Waals surface area contributed by atoms with Gasteiger partial charge in [0.1, 0.15) is 30.4 Å². The molecule has 1 fully saturated rings. The number of halogens is 1. The zero-order valence-electron chi connectivity index (χ0n) is 19.7. The van der Waals surface area contributed by atoms with Crippen LogP contribution in [0.25, 0.3) is 0 Å². The number of aromatic nitrogens is 1. The number of rotatable bonds is 5. The first-order chi connectivity index (χ1) is 17.5. The number of amides is 1. The third-order valence-electron chi connectivity index (χ3n) is 7.09. The minimum atomic E-state index is -1.05. The SMILES string of the molecule is Cc1cc(N2C(=O)C3=C(C(=O)C4CC(F)CCC4O3)C2c2ccc(OCc3ccccc3)cc2)no1. The molecular formula is C28H25FN2O5. The molecule has 3 aromatic rings. The number of hydrogen-bond donors (Lipinski definition) is 0. The quantitative estimate of drug-likeness (QED) is 0.502. The van der Waals surface area contributed by atoms with Gasteiger partial charge < -0.3 is 14.0 Å². The third-order valence-corrected chi connectivity index (χ3v) is 7.09. The summed E-state index contributed by atoms with van der Waals surface area (Å²) in [6, 6.07) is 18.0. The van der Waals surface area contributed by atoms with E-state index >= 15 is 0 Å². The fraction of sp³-hybridized carbons (Fsp3) is 0.321. The van der Waals surface area contributed by atoms with E-state index in [4.69, 9.17) is 14.0 Å². The zero-order valence-corrected chi connectivity index (χ0v) is 19.7. The molecule has 0 spiro atoms. The highest BCUT2D eigenvalue weighted by molar-refractivity contribution is 6.17. The van der Waals surface area contributed by atoms with E-state index in [9.17, 15) is 14.0 Å². The molecule has 3 aliphatic rings. The van der Waals surface area contributed by atoms with Gasteiger partial charge in [-0.25, -0.2) is 4.39 Å². The largest absolute Gasteiger partial charge is 0.489 e. The fourth-order valence-electron chi connectivity index (χ4n) is 5.32. The molecule has 36 heavy (non-hydrogen) atoms. The molecule has 0 bridgehead atoms. The summed E-state index contributed by atoms with van der Waals surface area (Å²) in [6.07, 6.45) is -0.697. The van der Waals surface area contributed by atoms with Crippen LogP contribution < -0.4 is 9.64 Å². The number of carbonyl (C=O) groups excluding carboxylic acids is 2. The Kier molecular flexibility index (Phi) is 5.59. The van der Waals surface area contributed by atoms with Gasteiger partial charge in [-0.05, 0) is 49.4 Å². The molecule has 4 atom stereocenters. The number of nitrogens with zero attached hydrogens (tertiary/aromatic N) is 2. The monoisotopic (exact) mass is 488 g/mol. The number of aryl methyl sites for hydroxylation is 1. The lowest BCUT2D eigenvalue weighted by Crippen LogP contribution is -2.42. The zero-order chi connectivity index (χ0) is 24.8. The molecule has 1 aliphatic carbocycles. The Bertz CT molecular complexity index is 1330. The Balaban J connectivity index is 1.34. The van der Waals surface area contributed by atoms with Crippen molar-refractivity contribution in [1.29, 1.82) is 0 Å². The number of Topliss-reactive ketones (excluding diaryl/α,β-unsaturated/α-hetero) is 1. The standard InChI is InChI=1S/C28H25FN2O5/c1-16-13-23(30-36-16)31-25(18-7-10-20(11-8-18)34-15-17-5-3-2-4-6-17)24-26(32)21-14-19(29)9-12-22(21)35-27(24)28(31)33/h2-8,10-11,13,19,21-22,25H,9,12,14-15H2,1H3. The molecule has 4 unspecified atom stereocenters. The van der Waals surface area contributed by atoms with E-state index in [2.05, 4.69) is 5.16 Å². The van der Waals surface area contributed by atoms with E-state index in [0.717, 1.165) is 5.56 Å². The Morgan fingerprint density at radius 1 is 1.08 bits per heavy atom. The minimum Gasteiger partial charge on any atom is -0.489 e. The van der Waals surface area contributed by atoms with Crippen LogP contribution in [0.1, 0.15) is 42.2 Å². The van der Waals surface area contributed by atoms with Crippen LogP contribution in [0.5, 0.6) is 5.75 Å². The van der Waals surface area contributed by atoms with Crippen LogP contribution in [-0.2, 0) is 20.9 Å². The first-order valence-electron chi connectivity index (χ1n) is 12.1. The van der Waals surface area contributed by atoms with Crippen LogP contribution in [0.15, 0.2) is 76.5 Å². The van der Waals surface area contributed by atoms with E-state index < -0.39 is 30.1 Å². The summed E-state index contributed by atoms with van der Waals surface area (Å²) < 4.78 is 31.4. The second kappa shape index (κ2) is 8.93. The summed E-state index contributed by atoms with van der Waals surface area (Å²) in [5.41, 5.74) is 2.00. The Morgan fingerprint density at radius 3 is 2.58 bits per heavy atom. The van der Waals surface area contributed by atoms with Gasteiger partial charge in [-0.2, -0.15) is 0 Å². The second-order valence-corrected chi connectivity index (χ2v) is 9.50. The van der Waals surface area contributed by atoms with Crippen molar-refractivity contribution in [2.45, 2.75) is 51.1 Å². The van der Waals surface area contributed by atoms with Crippen molar-refractivity contribution >= 4 is 17.5 Å². The maximum Gasteiger partial charge on any atom is 0.295 e. The van der Waals surface area contributed by atoms with Gasteiger partial charge in [0, 0.05) is 6.07 Å². The number of benzene rings is 2. The molecule has 1 aromatic heterocycles. The average molecular weight is 489 g/mol. The average Bonchev–Trinajstić information content (AvgIpc) is 3.45. The lowest BCUT2D eigenvalue weighted by Gasteiger charge is -2.36. The first-order valence-corrected chi connectivity index (χ1v) is 12.1. The molecule has 3 heterocycles. The molecule has 1 amide bonds. The van der Waals surface area contributed by atoms with Crippen LogP contribution in [0.2, 0.25) is 0 Å². The molecule has 2 aromatic carbocycles. The van der Waals surface area contributed by atoms with Crippen LogP contribution >= 0.6 is 0 Å². The lowest BCUT2D eigenvalue weighted by atomic mass is 9.77. The molecule has 2 aliphatic heterocycles. The number of carbonyl (C=O) groups is 2.